The van der Waals surface area contributed by atoms with Crippen LogP contribution in [0.15, 0.2) is 29.2 Å². The van der Waals surface area contributed by atoms with E-state index in [-0.39, 0.29) is 17.5 Å². The molecule has 0 radical (unpaired) electrons. The molecule has 2 rings (SSSR count). The molecule has 0 aliphatic carbocycles. The maximum Gasteiger partial charge on any atom is 0.313 e. The van der Waals surface area contributed by atoms with Gasteiger partial charge in [0.15, 0.2) is 0 Å². The molecule has 1 aromatic rings. The first-order valence-corrected chi connectivity index (χ1v) is 9.71. The molecule has 1 aromatic carbocycles. The molecule has 134 valence electrons. The Labute approximate surface area is 143 Å². The maximum absolute atomic E-state index is 12.7. The summed E-state index contributed by atoms with van der Waals surface area (Å²) in [6, 6.07) is 5.61. The van der Waals surface area contributed by atoms with Gasteiger partial charge in [0.2, 0.25) is 10.0 Å². The summed E-state index contributed by atoms with van der Waals surface area (Å²) in [7, 11) is -2.22. The van der Waals surface area contributed by atoms with Gasteiger partial charge in [-0.2, -0.15) is 0 Å². The van der Waals surface area contributed by atoms with Crippen molar-refractivity contribution in [3.63, 3.8) is 0 Å². The van der Waals surface area contributed by atoms with Crippen molar-refractivity contribution in [2.45, 2.75) is 50.5 Å². The molecular weight excluding hydrogens is 330 g/mol. The summed E-state index contributed by atoms with van der Waals surface area (Å²) in [5.41, 5.74) is -0.775. The quantitative estimate of drug-likeness (QED) is 0.725. The molecule has 0 amide bonds. The van der Waals surface area contributed by atoms with E-state index in [4.69, 9.17) is 9.47 Å². The Kier molecular flexibility index (Phi) is 5.87. The predicted octanol–water partition coefficient (Wildman–Crippen LogP) is 2.49. The molecule has 24 heavy (non-hydrogen) atoms. The molecule has 1 aliphatic heterocycles. The molecule has 1 aliphatic rings. The van der Waals surface area contributed by atoms with Crippen molar-refractivity contribution in [3.8, 4) is 5.75 Å². The van der Waals surface area contributed by atoms with Gasteiger partial charge in [-0.15, -0.1) is 0 Å². The number of esters is 1. The topological polar surface area (TPSA) is 81.7 Å². The molecule has 1 fully saturated rings. The zero-order chi connectivity index (χ0) is 17.8. The molecule has 0 spiro atoms. The second-order valence-electron chi connectivity index (χ2n) is 6.10. The number of carbonyl (C=O) groups is 1. The lowest BCUT2D eigenvalue weighted by Gasteiger charge is -2.30. The van der Waals surface area contributed by atoms with Crippen LogP contribution in [0.1, 0.15) is 39.5 Å². The highest BCUT2D eigenvalue weighted by atomic mass is 32.2. The van der Waals surface area contributed by atoms with Crippen LogP contribution >= 0.6 is 0 Å². The fourth-order valence-electron chi connectivity index (χ4n) is 3.33. The first-order chi connectivity index (χ1) is 11.4. The Morgan fingerprint density at radius 2 is 1.79 bits per heavy atom. The van der Waals surface area contributed by atoms with Gasteiger partial charge in [-0.3, -0.25) is 4.79 Å². The van der Waals surface area contributed by atoms with Crippen molar-refractivity contribution < 1.29 is 22.7 Å². The Bertz CT molecular complexity index is 663. The van der Waals surface area contributed by atoms with Crippen LogP contribution in [0.25, 0.3) is 0 Å². The van der Waals surface area contributed by atoms with Gasteiger partial charge in [0.1, 0.15) is 12.4 Å². The fraction of sp³-hybridized carbons (Fsp3) is 0.588. The highest BCUT2D eigenvalue weighted by Gasteiger charge is 2.52. The number of methoxy groups -OCH3 is 1. The minimum absolute atomic E-state index is 0.0776. The zero-order valence-electron chi connectivity index (χ0n) is 14.4. The van der Waals surface area contributed by atoms with E-state index in [1.54, 1.807) is 12.1 Å². The lowest BCUT2D eigenvalue weighted by molar-refractivity contribution is -0.147. The van der Waals surface area contributed by atoms with Crippen LogP contribution in [0.2, 0.25) is 0 Å². The largest absolute Gasteiger partial charge is 0.497 e. The molecular formula is C17H25NO5S. The summed E-state index contributed by atoms with van der Waals surface area (Å²) in [5.74, 6) is 0.285. The summed E-state index contributed by atoms with van der Waals surface area (Å²) >= 11 is 0. The molecule has 0 saturated carbocycles. The van der Waals surface area contributed by atoms with Gasteiger partial charge >= 0.3 is 5.97 Å². The predicted molar refractivity (Wildman–Crippen MR) is 90.3 cm³/mol. The van der Waals surface area contributed by atoms with Gasteiger partial charge in [-0.25, -0.2) is 13.1 Å². The van der Waals surface area contributed by atoms with Crippen LogP contribution in [0, 0.1) is 5.41 Å². The number of nitrogens with one attached hydrogen (secondary N) is 1. The van der Waals surface area contributed by atoms with Crippen molar-refractivity contribution in [1.82, 2.24) is 4.72 Å². The number of ether oxygens (including phenoxy) is 2. The lowest BCUT2D eigenvalue weighted by atomic mass is 9.75. The van der Waals surface area contributed by atoms with Crippen LogP contribution in [0.5, 0.6) is 5.75 Å². The van der Waals surface area contributed by atoms with Crippen molar-refractivity contribution in [1.29, 1.82) is 0 Å². The van der Waals surface area contributed by atoms with Crippen molar-refractivity contribution in [3.05, 3.63) is 24.3 Å². The standard InChI is InChI=1S/C17H25NO5S/c1-4-10-17(11-5-2)15(12-23-16(17)19)18-24(20,21)14-8-6-13(22-3)7-9-14/h6-9,15,18H,4-5,10-12H2,1-3H3. The van der Waals surface area contributed by atoms with E-state index >= 15 is 0 Å². The summed E-state index contributed by atoms with van der Waals surface area (Å²) in [6.45, 7) is 4.05. The highest BCUT2D eigenvalue weighted by molar-refractivity contribution is 7.89. The third-order valence-electron chi connectivity index (χ3n) is 4.51. The average molecular weight is 355 g/mol. The normalized spacial score (nSPS) is 20.0. The van der Waals surface area contributed by atoms with E-state index in [1.165, 1.54) is 19.2 Å². The first-order valence-electron chi connectivity index (χ1n) is 8.23. The number of hydrogen-bond acceptors (Lipinski definition) is 5. The number of carbonyl (C=O) groups excluding carboxylic acids is 1. The maximum atomic E-state index is 12.7. The van der Waals surface area contributed by atoms with Gasteiger partial charge in [-0.1, -0.05) is 26.7 Å². The van der Waals surface area contributed by atoms with E-state index in [9.17, 15) is 13.2 Å². The van der Waals surface area contributed by atoms with E-state index in [0.717, 1.165) is 12.8 Å². The minimum Gasteiger partial charge on any atom is -0.497 e. The molecule has 1 N–H and O–H groups in total. The lowest BCUT2D eigenvalue weighted by Crippen LogP contribution is -2.48. The first kappa shape index (κ1) is 18.7. The molecule has 1 heterocycles. The number of cyclic esters (lactones) is 1. The molecule has 7 heteroatoms. The number of benzene rings is 1. The van der Waals surface area contributed by atoms with Crippen molar-refractivity contribution >= 4 is 16.0 Å². The fourth-order valence-corrected chi connectivity index (χ4v) is 4.63. The van der Waals surface area contributed by atoms with E-state index in [1.807, 2.05) is 13.8 Å². The van der Waals surface area contributed by atoms with Gasteiger partial charge < -0.3 is 9.47 Å². The molecule has 1 saturated heterocycles. The van der Waals surface area contributed by atoms with E-state index in [0.29, 0.717) is 18.6 Å². The molecule has 0 aromatic heterocycles. The Morgan fingerprint density at radius 1 is 1.21 bits per heavy atom. The summed E-state index contributed by atoms with van der Waals surface area (Å²) in [5, 5.41) is 0. The monoisotopic (exact) mass is 355 g/mol. The molecule has 6 nitrogen and oxygen atoms in total. The number of hydrogen-bond donors (Lipinski definition) is 1. The van der Waals surface area contributed by atoms with Crippen LogP contribution in [0.4, 0.5) is 0 Å². The second-order valence-corrected chi connectivity index (χ2v) is 7.82. The summed E-state index contributed by atoms with van der Waals surface area (Å²) in [6.07, 6.45) is 2.79. The van der Waals surface area contributed by atoms with Gasteiger partial charge in [0.25, 0.3) is 0 Å². The van der Waals surface area contributed by atoms with Crippen molar-refractivity contribution in [2.75, 3.05) is 13.7 Å². The van der Waals surface area contributed by atoms with E-state index < -0.39 is 21.5 Å². The summed E-state index contributed by atoms with van der Waals surface area (Å²) in [4.78, 5) is 12.5. The number of sulfonamides is 1. The third-order valence-corrected chi connectivity index (χ3v) is 6.00. The van der Waals surface area contributed by atoms with Crippen molar-refractivity contribution in [2.24, 2.45) is 5.41 Å². The van der Waals surface area contributed by atoms with Gasteiger partial charge in [-0.05, 0) is 37.1 Å². The number of rotatable bonds is 8. The van der Waals surface area contributed by atoms with Gasteiger partial charge in [0.05, 0.1) is 23.5 Å². The molecule has 1 unspecified atom stereocenters. The van der Waals surface area contributed by atoms with Crippen LogP contribution in [-0.2, 0) is 19.6 Å². The van der Waals surface area contributed by atoms with Gasteiger partial charge in [0, 0.05) is 0 Å². The zero-order valence-corrected chi connectivity index (χ0v) is 15.2. The SMILES string of the molecule is CCCC1(CCC)C(=O)OCC1NS(=O)(=O)c1ccc(OC)cc1. The van der Waals surface area contributed by atoms with Crippen LogP contribution in [-0.4, -0.2) is 34.1 Å². The molecule has 0 bridgehead atoms. The highest BCUT2D eigenvalue weighted by Crippen LogP contribution is 2.40. The Balaban J connectivity index is 2.27. The second kappa shape index (κ2) is 7.53. The smallest absolute Gasteiger partial charge is 0.313 e. The molecule has 1 atom stereocenters. The summed E-state index contributed by atoms with van der Waals surface area (Å²) < 4.78 is 38.3. The van der Waals surface area contributed by atoms with Crippen LogP contribution < -0.4 is 9.46 Å². The Morgan fingerprint density at radius 3 is 2.29 bits per heavy atom. The van der Waals surface area contributed by atoms with Crippen LogP contribution in [0.3, 0.4) is 0 Å². The minimum atomic E-state index is -3.74. The Hall–Kier alpha value is -1.60. The average Bonchev–Trinajstić information content (AvgIpc) is 2.85. The third kappa shape index (κ3) is 3.57. The van der Waals surface area contributed by atoms with E-state index in [2.05, 4.69) is 4.72 Å².